The van der Waals surface area contributed by atoms with E-state index >= 15 is 0 Å². The number of benzene rings is 1. The molecule has 0 atom stereocenters. The van der Waals surface area contributed by atoms with Gasteiger partial charge in [0, 0.05) is 13.1 Å². The van der Waals surface area contributed by atoms with Crippen LogP contribution in [0.5, 0.6) is 0 Å². The van der Waals surface area contributed by atoms with Gasteiger partial charge in [-0.1, -0.05) is 26.0 Å². The van der Waals surface area contributed by atoms with Gasteiger partial charge in [0.2, 0.25) is 11.9 Å². The number of likely N-dealkylation sites (N-methyl/N-ethyl adjacent to an activating group) is 1. The third-order valence-electron chi connectivity index (χ3n) is 7.93. The average molecular weight is 395 g/mol. The number of aromatic nitrogens is 2. The number of para-hydroxylation sites is 2. The van der Waals surface area contributed by atoms with Crippen molar-refractivity contribution in [3.63, 3.8) is 0 Å². The molecule has 0 unspecified atom stereocenters. The second-order valence-corrected chi connectivity index (χ2v) is 9.75. The summed E-state index contributed by atoms with van der Waals surface area (Å²) in [5, 5.41) is 3.31. The standard InChI is InChI=1S/C24H34N4O/c1-3-27(4-2)9-10-28-21-8-6-5-7-20(21)25-23(28)26-22(29)24-14-17-11-18(15-24)13-19(12-17)16-24/h5-8,17-19H,3-4,9-16H2,1-2H3,(H,25,26,29). The number of nitrogens with one attached hydrogen (secondary N) is 1. The predicted octanol–water partition coefficient (Wildman–Crippen LogP) is 4.53. The monoisotopic (exact) mass is 394 g/mol. The van der Waals surface area contributed by atoms with Crippen molar-refractivity contribution in [2.45, 2.75) is 58.9 Å². The quantitative estimate of drug-likeness (QED) is 0.750. The third kappa shape index (κ3) is 3.37. The van der Waals surface area contributed by atoms with Crippen LogP contribution in [-0.4, -0.2) is 40.0 Å². The van der Waals surface area contributed by atoms with Gasteiger partial charge in [0.05, 0.1) is 16.4 Å². The number of carbonyl (C=O) groups excluding carboxylic acids is 1. The number of anilines is 1. The minimum Gasteiger partial charge on any atom is -0.309 e. The number of imidazole rings is 1. The lowest BCUT2D eigenvalue weighted by Gasteiger charge is -2.55. The summed E-state index contributed by atoms with van der Waals surface area (Å²) in [4.78, 5) is 20.8. The van der Waals surface area contributed by atoms with E-state index in [1.54, 1.807) is 0 Å². The van der Waals surface area contributed by atoms with Crippen molar-refractivity contribution >= 4 is 22.9 Å². The Morgan fingerprint density at radius 1 is 1.10 bits per heavy atom. The van der Waals surface area contributed by atoms with Crippen LogP contribution in [-0.2, 0) is 11.3 Å². The highest BCUT2D eigenvalue weighted by molar-refractivity contribution is 5.96. The van der Waals surface area contributed by atoms with Crippen LogP contribution in [0.2, 0.25) is 0 Å². The molecular formula is C24H34N4O. The second kappa shape index (κ2) is 7.42. The fraction of sp³-hybridized carbons (Fsp3) is 0.667. The molecule has 5 nitrogen and oxygen atoms in total. The van der Waals surface area contributed by atoms with E-state index in [-0.39, 0.29) is 11.3 Å². The van der Waals surface area contributed by atoms with E-state index in [1.807, 2.05) is 12.1 Å². The summed E-state index contributed by atoms with van der Waals surface area (Å²) >= 11 is 0. The highest BCUT2D eigenvalue weighted by atomic mass is 16.2. The van der Waals surface area contributed by atoms with Crippen LogP contribution in [0.25, 0.3) is 11.0 Å². The van der Waals surface area contributed by atoms with Gasteiger partial charge in [-0.3, -0.25) is 10.1 Å². The average Bonchev–Trinajstić information content (AvgIpc) is 3.05. The molecule has 1 N–H and O–H groups in total. The number of hydrogen-bond acceptors (Lipinski definition) is 3. The van der Waals surface area contributed by atoms with Gasteiger partial charge in [0.25, 0.3) is 0 Å². The van der Waals surface area contributed by atoms with Crippen molar-refractivity contribution in [1.29, 1.82) is 0 Å². The van der Waals surface area contributed by atoms with Crippen molar-refractivity contribution < 1.29 is 4.79 Å². The molecule has 4 aliphatic rings. The Morgan fingerprint density at radius 3 is 2.34 bits per heavy atom. The molecule has 0 radical (unpaired) electrons. The molecule has 5 heteroatoms. The summed E-state index contributed by atoms with van der Waals surface area (Å²) in [6.45, 7) is 8.29. The van der Waals surface area contributed by atoms with E-state index in [0.717, 1.165) is 80.2 Å². The largest absolute Gasteiger partial charge is 0.309 e. The van der Waals surface area contributed by atoms with E-state index in [4.69, 9.17) is 4.98 Å². The Hall–Kier alpha value is -1.88. The first-order chi connectivity index (χ1) is 14.1. The highest BCUT2D eigenvalue weighted by Gasteiger charge is 2.54. The molecule has 156 valence electrons. The zero-order chi connectivity index (χ0) is 20.0. The Balaban J connectivity index is 1.41. The Labute approximate surface area is 173 Å². The number of carbonyl (C=O) groups is 1. The lowest BCUT2D eigenvalue weighted by atomic mass is 9.49. The van der Waals surface area contributed by atoms with Gasteiger partial charge >= 0.3 is 0 Å². The van der Waals surface area contributed by atoms with E-state index in [0.29, 0.717) is 0 Å². The van der Waals surface area contributed by atoms with Crippen LogP contribution in [0.3, 0.4) is 0 Å². The predicted molar refractivity (Wildman–Crippen MR) is 117 cm³/mol. The SMILES string of the molecule is CCN(CC)CCn1c(NC(=O)C23CC4CC(CC(C4)C2)C3)nc2ccccc21. The molecular weight excluding hydrogens is 360 g/mol. The molecule has 29 heavy (non-hydrogen) atoms. The van der Waals surface area contributed by atoms with Crippen LogP contribution in [0.1, 0.15) is 52.4 Å². The Kier molecular flexibility index (Phi) is 4.89. The fourth-order valence-electron chi connectivity index (χ4n) is 6.80. The topological polar surface area (TPSA) is 50.2 Å². The molecule has 1 amide bonds. The summed E-state index contributed by atoms with van der Waals surface area (Å²) in [6.07, 6.45) is 7.33. The number of amides is 1. The second-order valence-electron chi connectivity index (χ2n) is 9.75. The van der Waals surface area contributed by atoms with Crippen molar-refractivity contribution in [3.8, 4) is 0 Å². The Morgan fingerprint density at radius 2 is 1.72 bits per heavy atom. The van der Waals surface area contributed by atoms with Crippen molar-refractivity contribution in [2.75, 3.05) is 25.0 Å². The van der Waals surface area contributed by atoms with Crippen LogP contribution in [0.15, 0.2) is 24.3 Å². The smallest absolute Gasteiger partial charge is 0.232 e. The maximum Gasteiger partial charge on any atom is 0.232 e. The van der Waals surface area contributed by atoms with Crippen LogP contribution >= 0.6 is 0 Å². The fourth-order valence-corrected chi connectivity index (χ4v) is 6.80. The molecule has 1 heterocycles. The molecule has 1 aromatic carbocycles. The highest BCUT2D eigenvalue weighted by Crippen LogP contribution is 2.60. The number of hydrogen-bond donors (Lipinski definition) is 1. The zero-order valence-corrected chi connectivity index (χ0v) is 17.9. The van der Waals surface area contributed by atoms with Gasteiger partial charge in [0.1, 0.15) is 0 Å². The normalized spacial score (nSPS) is 30.4. The van der Waals surface area contributed by atoms with Crippen molar-refractivity contribution in [2.24, 2.45) is 23.2 Å². The first-order valence-electron chi connectivity index (χ1n) is 11.6. The molecule has 4 fully saturated rings. The van der Waals surface area contributed by atoms with Crippen LogP contribution in [0.4, 0.5) is 5.95 Å². The molecule has 4 aliphatic carbocycles. The summed E-state index contributed by atoms with van der Waals surface area (Å²) in [7, 11) is 0. The van der Waals surface area contributed by atoms with Crippen molar-refractivity contribution in [1.82, 2.24) is 14.5 Å². The molecule has 0 saturated heterocycles. The van der Waals surface area contributed by atoms with Gasteiger partial charge in [-0.2, -0.15) is 0 Å². The zero-order valence-electron chi connectivity index (χ0n) is 17.9. The number of nitrogens with zero attached hydrogens (tertiary/aromatic N) is 3. The lowest BCUT2D eigenvalue weighted by molar-refractivity contribution is -0.140. The maximum absolute atomic E-state index is 13.6. The van der Waals surface area contributed by atoms with Gasteiger partial charge in [-0.25, -0.2) is 4.98 Å². The first kappa shape index (κ1) is 19.1. The number of fused-ring (bicyclic) bond motifs is 1. The minimum absolute atomic E-state index is 0.142. The van der Waals surface area contributed by atoms with Gasteiger partial charge < -0.3 is 9.47 Å². The molecule has 1 aromatic heterocycles. The minimum atomic E-state index is -0.142. The summed E-state index contributed by atoms with van der Waals surface area (Å²) in [6, 6.07) is 8.24. The molecule has 0 spiro atoms. The number of rotatable bonds is 7. The van der Waals surface area contributed by atoms with Gasteiger partial charge in [0.15, 0.2) is 0 Å². The summed E-state index contributed by atoms with van der Waals surface area (Å²) in [5.74, 6) is 3.28. The van der Waals surface area contributed by atoms with E-state index in [1.165, 1.54) is 19.3 Å². The Bertz CT molecular complexity index is 862. The molecule has 2 aromatic rings. The van der Waals surface area contributed by atoms with Crippen LogP contribution < -0.4 is 5.32 Å². The maximum atomic E-state index is 13.6. The molecule has 0 aliphatic heterocycles. The van der Waals surface area contributed by atoms with E-state index in [9.17, 15) is 4.79 Å². The third-order valence-corrected chi connectivity index (χ3v) is 7.93. The van der Waals surface area contributed by atoms with E-state index in [2.05, 4.69) is 40.8 Å². The van der Waals surface area contributed by atoms with Gasteiger partial charge in [-0.15, -0.1) is 0 Å². The molecule has 4 saturated carbocycles. The van der Waals surface area contributed by atoms with Gasteiger partial charge in [-0.05, 0) is 81.5 Å². The molecule has 6 rings (SSSR count). The first-order valence-corrected chi connectivity index (χ1v) is 11.6. The lowest BCUT2D eigenvalue weighted by Crippen LogP contribution is -2.52. The van der Waals surface area contributed by atoms with E-state index < -0.39 is 0 Å². The summed E-state index contributed by atoms with van der Waals surface area (Å²) in [5.41, 5.74) is 1.93. The van der Waals surface area contributed by atoms with Crippen LogP contribution in [0, 0.1) is 23.2 Å². The molecule has 4 bridgehead atoms. The van der Waals surface area contributed by atoms with Crippen molar-refractivity contribution in [3.05, 3.63) is 24.3 Å². The summed E-state index contributed by atoms with van der Waals surface area (Å²) < 4.78 is 2.21.